The van der Waals surface area contributed by atoms with Crippen LogP contribution in [0.2, 0.25) is 0 Å². The number of para-hydroxylation sites is 1. The van der Waals surface area contributed by atoms with Gasteiger partial charge in [0.15, 0.2) is 0 Å². The third-order valence-corrected chi connectivity index (χ3v) is 5.10. The Morgan fingerprint density at radius 2 is 1.43 bits per heavy atom. The van der Waals surface area contributed by atoms with Crippen LogP contribution in [0.1, 0.15) is 0 Å². The fraction of sp³-hybridized carbons (Fsp3) is 0. The van der Waals surface area contributed by atoms with Gasteiger partial charge in [-0.1, -0.05) is 36.4 Å². The summed E-state index contributed by atoms with van der Waals surface area (Å²) in [7, 11) is 0. The van der Waals surface area contributed by atoms with E-state index in [-0.39, 0.29) is 0 Å². The molecular formula is C20H13N3. The van der Waals surface area contributed by atoms with Gasteiger partial charge in [0, 0.05) is 27.7 Å². The van der Waals surface area contributed by atoms with Gasteiger partial charge in [0.2, 0.25) is 0 Å². The predicted molar refractivity (Wildman–Crippen MR) is 96.7 cm³/mol. The Morgan fingerprint density at radius 3 is 2.39 bits per heavy atom. The van der Waals surface area contributed by atoms with Crippen molar-refractivity contribution < 1.29 is 0 Å². The zero-order valence-electron chi connectivity index (χ0n) is 12.3. The van der Waals surface area contributed by atoms with E-state index in [9.17, 15) is 0 Å². The molecule has 0 aliphatic carbocycles. The van der Waals surface area contributed by atoms with Gasteiger partial charge in [0.1, 0.15) is 0 Å². The maximum atomic E-state index is 6.40. The van der Waals surface area contributed by atoms with Gasteiger partial charge in [-0.05, 0) is 29.7 Å². The lowest BCUT2D eigenvalue weighted by Crippen LogP contribution is -2.06. The molecule has 0 unspecified atom stereocenters. The molecule has 23 heavy (non-hydrogen) atoms. The van der Waals surface area contributed by atoms with Crippen LogP contribution < -0.4 is 5.84 Å². The van der Waals surface area contributed by atoms with E-state index in [0.717, 1.165) is 11.0 Å². The SMILES string of the molecule is Nn1c2cccc3c4ccccc4n4ccc5ccc1c(c32)c54. The van der Waals surface area contributed by atoms with E-state index in [0.29, 0.717) is 0 Å². The first-order chi connectivity index (χ1) is 11.3. The Balaban J connectivity index is 2.23. The van der Waals surface area contributed by atoms with E-state index in [1.165, 1.54) is 38.0 Å². The van der Waals surface area contributed by atoms with Crippen molar-refractivity contribution in [3.05, 3.63) is 66.9 Å². The molecule has 0 fully saturated rings. The summed E-state index contributed by atoms with van der Waals surface area (Å²) in [6, 6.07) is 21.4. The second-order valence-electron chi connectivity index (χ2n) is 6.17. The number of aromatic nitrogens is 2. The first-order valence-electron chi connectivity index (χ1n) is 7.76. The third-order valence-electron chi connectivity index (χ3n) is 5.10. The van der Waals surface area contributed by atoms with Crippen LogP contribution in [0.15, 0.2) is 66.9 Å². The quantitative estimate of drug-likeness (QED) is 0.411. The van der Waals surface area contributed by atoms with Crippen molar-refractivity contribution in [2.24, 2.45) is 0 Å². The molecule has 0 radical (unpaired) electrons. The first-order valence-corrected chi connectivity index (χ1v) is 7.76. The molecule has 3 aromatic carbocycles. The lowest BCUT2D eigenvalue weighted by molar-refractivity contribution is 1.12. The molecule has 0 bridgehead atoms. The summed E-state index contributed by atoms with van der Waals surface area (Å²) in [4.78, 5) is 0. The maximum Gasteiger partial charge on any atom is 0.0725 e. The van der Waals surface area contributed by atoms with Crippen LogP contribution in [-0.2, 0) is 0 Å². The van der Waals surface area contributed by atoms with Gasteiger partial charge in [-0.25, -0.2) is 0 Å². The lowest BCUT2D eigenvalue weighted by atomic mass is 10.0. The molecule has 0 aliphatic heterocycles. The van der Waals surface area contributed by atoms with E-state index in [1.807, 2.05) is 4.68 Å². The standard InChI is InChI=1S/C20H13N3/c21-23-16-7-3-5-14-13-4-1-2-6-15(13)22-11-10-12-8-9-17(23)19(18(14)16)20(12)22/h1-11H,21H2. The highest BCUT2D eigenvalue weighted by molar-refractivity contribution is 6.29. The summed E-state index contributed by atoms with van der Waals surface area (Å²) >= 11 is 0. The molecule has 0 saturated heterocycles. The minimum Gasteiger partial charge on any atom is -0.339 e. The molecule has 0 atom stereocenters. The number of benzene rings is 3. The van der Waals surface area contributed by atoms with Gasteiger partial charge >= 0.3 is 0 Å². The molecule has 3 heterocycles. The summed E-state index contributed by atoms with van der Waals surface area (Å²) in [5.74, 6) is 6.40. The smallest absolute Gasteiger partial charge is 0.0725 e. The van der Waals surface area contributed by atoms with Crippen LogP contribution in [0, 0.1) is 0 Å². The first kappa shape index (κ1) is 11.4. The van der Waals surface area contributed by atoms with Crippen molar-refractivity contribution in [2.75, 3.05) is 5.84 Å². The Labute approximate surface area is 131 Å². The summed E-state index contributed by atoms with van der Waals surface area (Å²) in [6.45, 7) is 0. The van der Waals surface area contributed by atoms with Crippen molar-refractivity contribution in [3.63, 3.8) is 0 Å². The average molecular weight is 295 g/mol. The fourth-order valence-electron chi connectivity index (χ4n) is 4.14. The van der Waals surface area contributed by atoms with E-state index < -0.39 is 0 Å². The van der Waals surface area contributed by atoms with E-state index in [1.54, 1.807) is 0 Å². The van der Waals surface area contributed by atoms with Crippen molar-refractivity contribution in [1.29, 1.82) is 0 Å². The van der Waals surface area contributed by atoms with Crippen LogP contribution in [-0.4, -0.2) is 9.08 Å². The largest absolute Gasteiger partial charge is 0.339 e. The molecule has 0 saturated carbocycles. The molecule has 108 valence electrons. The highest BCUT2D eigenvalue weighted by Gasteiger charge is 2.18. The Bertz CT molecular complexity index is 1360. The number of rotatable bonds is 0. The zero-order valence-corrected chi connectivity index (χ0v) is 12.3. The Kier molecular flexibility index (Phi) is 1.77. The van der Waals surface area contributed by atoms with E-state index in [2.05, 4.69) is 71.3 Å². The van der Waals surface area contributed by atoms with Gasteiger partial charge < -0.3 is 10.2 Å². The number of nitrogens with two attached hydrogens (primary N) is 1. The van der Waals surface area contributed by atoms with Gasteiger partial charge in [0.05, 0.1) is 22.1 Å². The van der Waals surface area contributed by atoms with Crippen LogP contribution in [0.5, 0.6) is 0 Å². The summed E-state index contributed by atoms with van der Waals surface area (Å²) in [6.07, 6.45) is 2.16. The maximum absolute atomic E-state index is 6.40. The molecule has 0 spiro atoms. The number of nitrogens with zero attached hydrogens (tertiary/aromatic N) is 2. The van der Waals surface area contributed by atoms with Crippen molar-refractivity contribution in [2.45, 2.75) is 0 Å². The third kappa shape index (κ3) is 1.15. The van der Waals surface area contributed by atoms with Crippen LogP contribution in [0.4, 0.5) is 0 Å². The Hall–Kier alpha value is -3.20. The van der Waals surface area contributed by atoms with Crippen molar-refractivity contribution in [3.8, 4) is 0 Å². The molecule has 3 aromatic heterocycles. The second kappa shape index (κ2) is 3.58. The van der Waals surface area contributed by atoms with Crippen LogP contribution in [0.25, 0.3) is 49.0 Å². The van der Waals surface area contributed by atoms with Crippen LogP contribution >= 0.6 is 0 Å². The molecular weight excluding hydrogens is 282 g/mol. The second-order valence-corrected chi connectivity index (χ2v) is 6.17. The predicted octanol–water partition coefficient (Wildman–Crippen LogP) is 4.51. The van der Waals surface area contributed by atoms with Crippen LogP contribution in [0.3, 0.4) is 0 Å². The zero-order chi connectivity index (χ0) is 15.1. The number of fused-ring (bicyclic) bond motifs is 3. The molecule has 6 aromatic rings. The summed E-state index contributed by atoms with van der Waals surface area (Å²) in [5, 5.41) is 6.25. The topological polar surface area (TPSA) is 35.4 Å². The monoisotopic (exact) mass is 295 g/mol. The molecule has 0 amide bonds. The number of nitrogen functional groups attached to an aromatic ring is 1. The highest BCUT2D eigenvalue weighted by Crippen LogP contribution is 2.40. The minimum atomic E-state index is 1.08. The van der Waals surface area contributed by atoms with Gasteiger partial charge in [-0.15, -0.1) is 0 Å². The van der Waals surface area contributed by atoms with Gasteiger partial charge in [0.25, 0.3) is 0 Å². The van der Waals surface area contributed by atoms with Crippen molar-refractivity contribution in [1.82, 2.24) is 9.08 Å². The molecule has 2 N–H and O–H groups in total. The highest BCUT2D eigenvalue weighted by atomic mass is 15.3. The lowest BCUT2D eigenvalue weighted by Gasteiger charge is -2.02. The van der Waals surface area contributed by atoms with Gasteiger partial charge in [-0.2, -0.15) is 0 Å². The van der Waals surface area contributed by atoms with Gasteiger partial charge in [-0.3, -0.25) is 4.68 Å². The summed E-state index contributed by atoms with van der Waals surface area (Å²) < 4.78 is 4.12. The number of hydrogen-bond donors (Lipinski definition) is 1. The Morgan fingerprint density at radius 1 is 0.652 bits per heavy atom. The molecule has 3 nitrogen and oxygen atoms in total. The molecule has 6 rings (SSSR count). The normalized spacial score (nSPS) is 12.5. The summed E-state index contributed by atoms with van der Waals surface area (Å²) in [5.41, 5.74) is 4.62. The van der Waals surface area contributed by atoms with E-state index in [4.69, 9.17) is 5.84 Å². The van der Waals surface area contributed by atoms with E-state index >= 15 is 0 Å². The fourth-order valence-corrected chi connectivity index (χ4v) is 4.14. The molecule has 0 aliphatic rings. The molecule has 3 heteroatoms. The minimum absolute atomic E-state index is 1.08. The van der Waals surface area contributed by atoms with Crippen molar-refractivity contribution >= 4 is 49.0 Å². The number of hydrogen-bond acceptors (Lipinski definition) is 1. The average Bonchev–Trinajstić information content (AvgIpc) is 3.11.